The van der Waals surface area contributed by atoms with Crippen LogP contribution in [0.25, 0.3) is 0 Å². The molecule has 0 bridgehead atoms. The molecule has 0 aromatic rings. The molecule has 7 rings (SSSR count). The lowest BCUT2D eigenvalue weighted by Crippen LogP contribution is -2.67. The summed E-state index contributed by atoms with van der Waals surface area (Å²) >= 11 is 0. The molecule has 0 amide bonds. The van der Waals surface area contributed by atoms with Gasteiger partial charge in [-0.2, -0.15) is 0 Å². The number of aliphatic carboxylic acids is 3. The smallest absolute Gasteiger partial charge is 0.335 e. The van der Waals surface area contributed by atoms with Gasteiger partial charge in [-0.3, -0.25) is 9.59 Å². The monoisotopic (exact) mass is 836 g/mol. The molecule has 7 aliphatic rings. The fourth-order valence-corrected chi connectivity index (χ4v) is 13.6. The minimum atomic E-state index is -2.02. The van der Waals surface area contributed by atoms with Crippen molar-refractivity contribution in [1.29, 1.82) is 0 Å². The first-order chi connectivity index (χ1) is 27.3. The number of fused-ring (bicyclic) bond motifs is 7. The number of carboxylic acids is 3. The van der Waals surface area contributed by atoms with Crippen LogP contribution in [0.1, 0.15) is 106 Å². The van der Waals surface area contributed by atoms with Crippen molar-refractivity contribution in [2.45, 2.75) is 174 Å². The second kappa shape index (κ2) is 14.8. The molecule has 9 unspecified atom stereocenters. The van der Waals surface area contributed by atoms with Gasteiger partial charge in [-0.25, -0.2) is 9.59 Å². The van der Waals surface area contributed by atoms with E-state index >= 15 is 0 Å². The molecule has 4 saturated carbocycles. The Morgan fingerprint density at radius 3 is 1.98 bits per heavy atom. The van der Waals surface area contributed by atoms with Crippen molar-refractivity contribution in [3.05, 3.63) is 11.6 Å². The quantitative estimate of drug-likeness (QED) is 0.174. The number of allylic oxidation sites excluding steroid dienone is 2. The van der Waals surface area contributed by atoms with E-state index in [9.17, 15) is 60.0 Å². The van der Waals surface area contributed by atoms with Crippen molar-refractivity contribution in [2.75, 3.05) is 6.61 Å². The zero-order valence-corrected chi connectivity index (χ0v) is 35.1. The van der Waals surface area contributed by atoms with Crippen LogP contribution in [-0.2, 0) is 38.1 Å². The highest BCUT2D eigenvalue weighted by molar-refractivity contribution is 5.95. The summed E-state index contributed by atoms with van der Waals surface area (Å²) in [5, 5.41) is 82.6. The molecule has 5 aliphatic carbocycles. The lowest BCUT2D eigenvalue weighted by molar-refractivity contribution is -0.337. The van der Waals surface area contributed by atoms with E-state index in [2.05, 4.69) is 41.5 Å². The normalized spacial score (nSPS) is 51.9. The number of aliphatic hydroxyl groups excluding tert-OH is 5. The van der Waals surface area contributed by atoms with E-state index < -0.39 is 101 Å². The number of hydrogen-bond acceptors (Lipinski definition) is 13. The number of ether oxygens (including phenoxy) is 4. The second-order valence-corrected chi connectivity index (χ2v) is 21.0. The minimum Gasteiger partial charge on any atom is -0.481 e. The number of carbonyl (C=O) groups excluding carboxylic acids is 1. The predicted octanol–water partition coefficient (Wildman–Crippen LogP) is 2.29. The van der Waals surface area contributed by atoms with Gasteiger partial charge >= 0.3 is 17.9 Å². The Hall–Kier alpha value is -2.54. The van der Waals surface area contributed by atoms with E-state index in [4.69, 9.17) is 18.9 Å². The maximum Gasteiger partial charge on any atom is 0.335 e. The molecule has 0 radical (unpaired) electrons. The van der Waals surface area contributed by atoms with Crippen LogP contribution < -0.4 is 0 Å². The SMILES string of the molecule is CC1(C)C(OC[C@H]2OC(C(=O)O)[C@@H](O)[C@@H](O)C2O[C@@H]2OC(C(=O)O)[C@@H](O)[C@@H](O)C2O)CC[C@@]2(C)C1CC[C@]1(C)C2C(=O)C=C2C3C[C@@](C)(C(=O)O)CC[C@]3(C)CCC21C. The van der Waals surface area contributed by atoms with Crippen molar-refractivity contribution in [3.63, 3.8) is 0 Å². The van der Waals surface area contributed by atoms with Crippen molar-refractivity contribution < 1.29 is 79.0 Å². The van der Waals surface area contributed by atoms with Crippen LogP contribution in [-0.4, -0.2) is 138 Å². The third kappa shape index (κ3) is 6.64. The maximum absolute atomic E-state index is 14.8. The van der Waals surface area contributed by atoms with Crippen LogP contribution in [0.15, 0.2) is 11.6 Å². The van der Waals surface area contributed by atoms with Gasteiger partial charge in [0, 0.05) is 5.92 Å². The summed E-state index contributed by atoms with van der Waals surface area (Å²) in [5.41, 5.74) is -1.43. The molecule has 19 atom stereocenters. The van der Waals surface area contributed by atoms with Crippen LogP contribution in [0.3, 0.4) is 0 Å². The van der Waals surface area contributed by atoms with E-state index in [1.54, 1.807) is 0 Å². The zero-order chi connectivity index (χ0) is 43.6. The van der Waals surface area contributed by atoms with Gasteiger partial charge in [-0.15, -0.1) is 0 Å². The predicted molar refractivity (Wildman–Crippen MR) is 204 cm³/mol. The molecular weight excluding hydrogens is 772 g/mol. The number of ketones is 1. The highest BCUT2D eigenvalue weighted by Crippen LogP contribution is 2.75. The highest BCUT2D eigenvalue weighted by atomic mass is 16.7. The van der Waals surface area contributed by atoms with Crippen LogP contribution in [0.2, 0.25) is 0 Å². The third-order valence-corrected chi connectivity index (χ3v) is 17.5. The Labute approximate surface area is 344 Å². The summed E-state index contributed by atoms with van der Waals surface area (Å²) in [7, 11) is 0. The molecule has 0 aromatic heterocycles. The first-order valence-corrected chi connectivity index (χ1v) is 21.2. The van der Waals surface area contributed by atoms with Gasteiger partial charge in [-0.1, -0.05) is 47.1 Å². The van der Waals surface area contributed by atoms with Gasteiger partial charge in [0.2, 0.25) is 0 Å². The first-order valence-electron chi connectivity index (χ1n) is 21.2. The Morgan fingerprint density at radius 1 is 0.746 bits per heavy atom. The van der Waals surface area contributed by atoms with E-state index in [0.717, 1.165) is 37.7 Å². The largest absolute Gasteiger partial charge is 0.481 e. The number of carbonyl (C=O) groups is 4. The van der Waals surface area contributed by atoms with Gasteiger partial charge in [0.15, 0.2) is 24.3 Å². The lowest BCUT2D eigenvalue weighted by atomic mass is 9.33. The third-order valence-electron chi connectivity index (χ3n) is 17.5. The molecular formula is C43H64O16. The summed E-state index contributed by atoms with van der Waals surface area (Å²) in [4.78, 5) is 51.2. The summed E-state index contributed by atoms with van der Waals surface area (Å²) in [6, 6.07) is 0. The van der Waals surface area contributed by atoms with Gasteiger partial charge in [0.25, 0.3) is 0 Å². The van der Waals surface area contributed by atoms with Gasteiger partial charge in [0.05, 0.1) is 18.1 Å². The van der Waals surface area contributed by atoms with Gasteiger partial charge in [0.1, 0.15) is 42.7 Å². The second-order valence-electron chi connectivity index (χ2n) is 21.0. The molecule has 8 N–H and O–H groups in total. The summed E-state index contributed by atoms with van der Waals surface area (Å²) in [6.45, 7) is 14.8. The van der Waals surface area contributed by atoms with Crippen LogP contribution in [0, 0.1) is 50.2 Å². The van der Waals surface area contributed by atoms with E-state index in [1.807, 2.05) is 13.0 Å². The molecule has 6 fully saturated rings. The number of rotatable bonds is 8. The Morgan fingerprint density at radius 2 is 1.36 bits per heavy atom. The van der Waals surface area contributed by atoms with E-state index in [-0.39, 0.29) is 46.4 Å². The molecule has 16 nitrogen and oxygen atoms in total. The van der Waals surface area contributed by atoms with Crippen molar-refractivity contribution in [1.82, 2.24) is 0 Å². The van der Waals surface area contributed by atoms with Gasteiger partial charge < -0.3 is 59.8 Å². The Kier molecular flexibility index (Phi) is 11.2. The zero-order valence-electron chi connectivity index (χ0n) is 35.1. The first kappa shape index (κ1) is 44.5. The highest BCUT2D eigenvalue weighted by Gasteiger charge is 2.70. The van der Waals surface area contributed by atoms with Crippen LogP contribution >= 0.6 is 0 Å². The van der Waals surface area contributed by atoms with Gasteiger partial charge in [-0.05, 0) is 110 Å². The fourth-order valence-electron chi connectivity index (χ4n) is 13.6. The van der Waals surface area contributed by atoms with Crippen LogP contribution in [0.4, 0.5) is 0 Å². The molecule has 0 aromatic carbocycles. The molecule has 2 saturated heterocycles. The standard InChI is InChI=1S/C43H64O16/c1-38(2)23-8-11-43(7)33(21(44)16-19-20-17-40(4,37(54)55)13-12-39(20,3)14-15-42(19,43)6)41(23,5)10-9-24(38)56-18-22-30(27(47)28(48)31(57-22)34(50)51)58-36-29(49)25(45)26(46)32(59-36)35(52)53/h16,20,22-33,36,45-49H,8-15,17-18H2,1-7H3,(H,50,51)(H,52,53)(H,54,55)/t20?,22-,23?,24?,25-,26+,27-,28+,29?,30?,31?,32?,33?,36-,39-,40+,41+,42?,43-/m1/s1. The molecule has 2 aliphatic heterocycles. The number of carboxylic acid groups (broad SMARTS) is 3. The summed E-state index contributed by atoms with van der Waals surface area (Å²) < 4.78 is 23.3. The molecule has 59 heavy (non-hydrogen) atoms. The Balaban J connectivity index is 1.13. The van der Waals surface area contributed by atoms with E-state index in [1.165, 1.54) is 0 Å². The van der Waals surface area contributed by atoms with E-state index in [0.29, 0.717) is 25.7 Å². The topological polar surface area (TPSA) is 267 Å². The van der Waals surface area contributed by atoms with Crippen molar-refractivity contribution >= 4 is 23.7 Å². The average molecular weight is 837 g/mol. The average Bonchev–Trinajstić information content (AvgIpc) is 3.14. The summed E-state index contributed by atoms with van der Waals surface area (Å²) in [5.74, 6) is -4.19. The molecule has 16 heteroatoms. The Bertz CT molecular complexity index is 1750. The molecule has 0 spiro atoms. The number of aliphatic hydroxyl groups is 5. The van der Waals surface area contributed by atoms with Crippen molar-refractivity contribution in [3.8, 4) is 0 Å². The number of hydrogen-bond donors (Lipinski definition) is 8. The lowest BCUT2D eigenvalue weighted by Gasteiger charge is -2.70. The van der Waals surface area contributed by atoms with Crippen molar-refractivity contribution in [2.24, 2.45) is 50.2 Å². The molecule has 2 heterocycles. The fraction of sp³-hybridized carbons (Fsp3) is 0.860. The van der Waals surface area contributed by atoms with Crippen LogP contribution in [0.5, 0.6) is 0 Å². The molecule has 332 valence electrons. The maximum atomic E-state index is 14.8. The minimum absolute atomic E-state index is 0.00213. The summed E-state index contributed by atoms with van der Waals surface area (Å²) in [6.07, 6.45) is -10.8.